The van der Waals surface area contributed by atoms with Gasteiger partial charge in [-0.25, -0.2) is 4.98 Å². The molecular formula is C16H25N3. The number of hydrogen-bond donors (Lipinski definition) is 0. The lowest BCUT2D eigenvalue weighted by atomic mass is 10.00. The summed E-state index contributed by atoms with van der Waals surface area (Å²) in [6, 6.07) is 0. The maximum atomic E-state index is 4.38. The second-order valence-corrected chi connectivity index (χ2v) is 4.80. The molecule has 0 aliphatic rings. The van der Waals surface area contributed by atoms with E-state index in [2.05, 4.69) is 37.0 Å². The highest BCUT2D eigenvalue weighted by Gasteiger charge is 2.12. The first kappa shape index (κ1) is 15.4. The lowest BCUT2D eigenvalue weighted by molar-refractivity contribution is 0.568. The number of hydrogen-bond acceptors (Lipinski definition) is 2. The van der Waals surface area contributed by atoms with Crippen molar-refractivity contribution in [3.05, 3.63) is 37.1 Å². The summed E-state index contributed by atoms with van der Waals surface area (Å²) in [5.41, 5.74) is 1.21. The summed E-state index contributed by atoms with van der Waals surface area (Å²) in [7, 11) is 0. The lowest BCUT2D eigenvalue weighted by Gasteiger charge is -2.12. The molecule has 0 spiro atoms. The normalized spacial score (nSPS) is 12.7. The third-order valence-electron chi connectivity index (χ3n) is 3.33. The van der Waals surface area contributed by atoms with Crippen LogP contribution in [0.4, 0.5) is 0 Å². The Morgan fingerprint density at radius 2 is 2.16 bits per heavy atom. The van der Waals surface area contributed by atoms with Crippen LogP contribution in [0.2, 0.25) is 0 Å². The first-order valence-electron chi connectivity index (χ1n) is 7.08. The maximum absolute atomic E-state index is 4.38. The predicted octanol–water partition coefficient (Wildman–Crippen LogP) is 4.62. The number of nitrogens with zero attached hydrogens (tertiary/aromatic N) is 3. The van der Waals surface area contributed by atoms with Crippen LogP contribution < -0.4 is 0 Å². The Morgan fingerprint density at radius 1 is 1.37 bits per heavy atom. The van der Waals surface area contributed by atoms with Crippen molar-refractivity contribution in [2.45, 2.75) is 51.9 Å². The molecule has 0 radical (unpaired) electrons. The Labute approximate surface area is 116 Å². The standard InChI is InChI=1S/C16H25N3/c1-5-8-9-10-11-14(4)15-12-18-16(13-17-6-2)19(15)7-3/h6-7,12-14H,2-3,5,8-11H2,1,4H3/b17-13-. The summed E-state index contributed by atoms with van der Waals surface area (Å²) in [6.45, 7) is 11.9. The zero-order chi connectivity index (χ0) is 14.1. The summed E-state index contributed by atoms with van der Waals surface area (Å²) in [6.07, 6.45) is 13.3. The smallest absolute Gasteiger partial charge is 0.155 e. The summed E-state index contributed by atoms with van der Waals surface area (Å²) in [4.78, 5) is 8.40. The number of unbranched alkanes of at least 4 members (excludes halogenated alkanes) is 3. The fraction of sp³-hybridized carbons (Fsp3) is 0.500. The SMILES string of the molecule is C=C/N=C\c1ncc(C(C)CCCCCC)n1C=C. The molecule has 1 rings (SSSR count). The van der Waals surface area contributed by atoms with Gasteiger partial charge in [-0.3, -0.25) is 4.99 Å². The molecule has 0 saturated heterocycles. The summed E-state index contributed by atoms with van der Waals surface area (Å²) >= 11 is 0. The van der Waals surface area contributed by atoms with Gasteiger partial charge >= 0.3 is 0 Å². The molecule has 0 amide bonds. The molecular weight excluding hydrogens is 234 g/mol. The van der Waals surface area contributed by atoms with Crippen LogP contribution >= 0.6 is 0 Å². The third kappa shape index (κ3) is 4.51. The van der Waals surface area contributed by atoms with E-state index in [4.69, 9.17) is 0 Å². The number of aliphatic imine (C=N–C) groups is 1. The van der Waals surface area contributed by atoms with Crippen LogP contribution in [-0.4, -0.2) is 15.8 Å². The minimum Gasteiger partial charge on any atom is -0.303 e. The molecule has 1 aromatic rings. The molecule has 3 heteroatoms. The van der Waals surface area contributed by atoms with E-state index in [0.29, 0.717) is 5.92 Å². The van der Waals surface area contributed by atoms with E-state index in [9.17, 15) is 0 Å². The molecule has 19 heavy (non-hydrogen) atoms. The molecule has 1 aromatic heterocycles. The van der Waals surface area contributed by atoms with Gasteiger partial charge in [0.25, 0.3) is 0 Å². The molecule has 0 bridgehead atoms. The van der Waals surface area contributed by atoms with Gasteiger partial charge in [-0.15, -0.1) is 0 Å². The minimum absolute atomic E-state index is 0.494. The molecule has 0 aliphatic carbocycles. The van der Waals surface area contributed by atoms with Crippen LogP contribution in [0.15, 0.2) is 30.5 Å². The zero-order valence-corrected chi connectivity index (χ0v) is 12.2. The Balaban J connectivity index is 2.71. The van der Waals surface area contributed by atoms with Crippen molar-refractivity contribution in [2.24, 2.45) is 4.99 Å². The Morgan fingerprint density at radius 3 is 2.79 bits per heavy atom. The molecule has 104 valence electrons. The zero-order valence-electron chi connectivity index (χ0n) is 12.2. The van der Waals surface area contributed by atoms with Crippen LogP contribution in [0.25, 0.3) is 6.20 Å². The van der Waals surface area contributed by atoms with Gasteiger partial charge in [0.2, 0.25) is 0 Å². The Hall–Kier alpha value is -1.64. The third-order valence-corrected chi connectivity index (χ3v) is 3.33. The van der Waals surface area contributed by atoms with Gasteiger partial charge in [-0.2, -0.15) is 0 Å². The number of rotatable bonds is 9. The molecule has 0 N–H and O–H groups in total. The molecule has 0 aliphatic heterocycles. The van der Waals surface area contributed by atoms with Crippen LogP contribution in [0.3, 0.4) is 0 Å². The van der Waals surface area contributed by atoms with Crippen LogP contribution in [0.5, 0.6) is 0 Å². The quantitative estimate of drug-likeness (QED) is 0.470. The van der Waals surface area contributed by atoms with Crippen LogP contribution in [-0.2, 0) is 0 Å². The highest BCUT2D eigenvalue weighted by Crippen LogP contribution is 2.23. The largest absolute Gasteiger partial charge is 0.303 e. The van der Waals surface area contributed by atoms with E-state index in [1.165, 1.54) is 44.0 Å². The summed E-state index contributed by atoms with van der Waals surface area (Å²) in [5.74, 6) is 1.30. The Kier molecular flexibility index (Phi) is 6.86. The van der Waals surface area contributed by atoms with Gasteiger partial charge < -0.3 is 4.57 Å². The van der Waals surface area contributed by atoms with Crippen molar-refractivity contribution >= 4 is 12.4 Å². The van der Waals surface area contributed by atoms with Gasteiger partial charge in [0, 0.05) is 24.3 Å². The van der Waals surface area contributed by atoms with E-state index in [1.54, 1.807) is 12.4 Å². The van der Waals surface area contributed by atoms with Crippen molar-refractivity contribution in [1.82, 2.24) is 9.55 Å². The van der Waals surface area contributed by atoms with Gasteiger partial charge in [-0.1, -0.05) is 52.7 Å². The van der Waals surface area contributed by atoms with Crippen molar-refractivity contribution in [2.75, 3.05) is 0 Å². The summed E-state index contributed by atoms with van der Waals surface area (Å²) < 4.78 is 2.01. The second kappa shape index (κ2) is 8.46. The van der Waals surface area contributed by atoms with Crippen LogP contribution in [0, 0.1) is 0 Å². The predicted molar refractivity (Wildman–Crippen MR) is 83.6 cm³/mol. The second-order valence-electron chi connectivity index (χ2n) is 4.80. The van der Waals surface area contributed by atoms with Gasteiger partial charge in [0.05, 0.1) is 6.21 Å². The first-order chi connectivity index (χ1) is 9.24. The van der Waals surface area contributed by atoms with Crippen molar-refractivity contribution in [3.63, 3.8) is 0 Å². The van der Waals surface area contributed by atoms with Gasteiger partial charge in [0.1, 0.15) is 0 Å². The molecule has 3 nitrogen and oxygen atoms in total. The van der Waals surface area contributed by atoms with Crippen molar-refractivity contribution < 1.29 is 0 Å². The van der Waals surface area contributed by atoms with E-state index in [0.717, 1.165) is 5.82 Å². The van der Waals surface area contributed by atoms with Crippen molar-refractivity contribution in [1.29, 1.82) is 0 Å². The highest BCUT2D eigenvalue weighted by atomic mass is 15.1. The Bertz CT molecular complexity index is 429. The van der Waals surface area contributed by atoms with Crippen LogP contribution in [0.1, 0.15) is 63.4 Å². The monoisotopic (exact) mass is 259 g/mol. The molecule has 1 atom stereocenters. The fourth-order valence-corrected chi connectivity index (χ4v) is 2.19. The topological polar surface area (TPSA) is 30.2 Å². The van der Waals surface area contributed by atoms with Crippen molar-refractivity contribution in [3.8, 4) is 0 Å². The summed E-state index contributed by atoms with van der Waals surface area (Å²) in [5, 5.41) is 0. The van der Waals surface area contributed by atoms with E-state index in [1.807, 2.05) is 10.8 Å². The molecule has 1 unspecified atom stereocenters. The fourth-order valence-electron chi connectivity index (χ4n) is 2.19. The maximum Gasteiger partial charge on any atom is 0.155 e. The first-order valence-corrected chi connectivity index (χ1v) is 7.08. The minimum atomic E-state index is 0.494. The molecule has 0 saturated carbocycles. The average Bonchev–Trinajstić information content (AvgIpc) is 2.84. The van der Waals surface area contributed by atoms with Gasteiger partial charge in [-0.05, 0) is 12.3 Å². The molecule has 1 heterocycles. The molecule has 0 aromatic carbocycles. The average molecular weight is 259 g/mol. The highest BCUT2D eigenvalue weighted by molar-refractivity contribution is 5.76. The van der Waals surface area contributed by atoms with E-state index in [-0.39, 0.29) is 0 Å². The lowest BCUT2D eigenvalue weighted by Crippen LogP contribution is -2.03. The number of aromatic nitrogens is 2. The van der Waals surface area contributed by atoms with E-state index >= 15 is 0 Å². The molecule has 0 fully saturated rings. The van der Waals surface area contributed by atoms with Gasteiger partial charge in [0.15, 0.2) is 5.82 Å². The van der Waals surface area contributed by atoms with E-state index < -0.39 is 0 Å². The number of imidazole rings is 1.